The number of nitrogens with zero attached hydrogens (tertiary/aromatic N) is 1. The highest BCUT2D eigenvalue weighted by molar-refractivity contribution is 7.18. The van der Waals surface area contributed by atoms with Gasteiger partial charge in [0.2, 0.25) is 0 Å². The van der Waals surface area contributed by atoms with Crippen molar-refractivity contribution in [3.05, 3.63) is 55.9 Å². The van der Waals surface area contributed by atoms with Gasteiger partial charge in [0.1, 0.15) is 10.6 Å². The smallest absolute Gasteiger partial charge is 0.348 e. The van der Waals surface area contributed by atoms with Crippen LogP contribution in [0.5, 0.6) is 5.75 Å². The summed E-state index contributed by atoms with van der Waals surface area (Å²) in [5.74, 6) is -1.33. The van der Waals surface area contributed by atoms with E-state index < -0.39 is 23.0 Å². The number of nitrogens with two attached hydrogens (primary N) is 1. The van der Waals surface area contributed by atoms with Crippen molar-refractivity contribution in [3.63, 3.8) is 0 Å². The molecule has 0 spiro atoms. The minimum absolute atomic E-state index is 0.0310. The van der Waals surface area contributed by atoms with Crippen molar-refractivity contribution in [2.75, 3.05) is 12.0 Å². The molecule has 0 saturated heterocycles. The number of aromatic carboxylic acids is 1. The van der Waals surface area contributed by atoms with Crippen LogP contribution in [0.15, 0.2) is 39.9 Å². The highest BCUT2D eigenvalue weighted by Gasteiger charge is 2.22. The topological polar surface area (TPSA) is 141 Å². The van der Waals surface area contributed by atoms with E-state index in [0.717, 1.165) is 16.0 Å². The molecule has 0 aliphatic rings. The summed E-state index contributed by atoms with van der Waals surface area (Å²) in [6.45, 7) is -0.243. The van der Waals surface area contributed by atoms with Crippen molar-refractivity contribution in [2.24, 2.45) is 5.73 Å². The van der Waals surface area contributed by atoms with E-state index in [2.05, 4.69) is 5.43 Å². The summed E-state index contributed by atoms with van der Waals surface area (Å²) in [5, 5.41) is 9.28. The van der Waals surface area contributed by atoms with E-state index in [-0.39, 0.29) is 17.2 Å². The second-order valence-corrected chi connectivity index (χ2v) is 6.05. The quantitative estimate of drug-likeness (QED) is 0.512. The number of carboxylic acids is 1. The van der Waals surface area contributed by atoms with E-state index in [9.17, 15) is 24.3 Å². The molecule has 0 aliphatic heterocycles. The Morgan fingerprint density at radius 2 is 1.84 bits per heavy atom. The highest BCUT2D eigenvalue weighted by Crippen LogP contribution is 2.35. The average molecular weight is 361 g/mol. The third-order valence-electron chi connectivity index (χ3n) is 3.22. The molecule has 0 saturated carbocycles. The van der Waals surface area contributed by atoms with Crippen LogP contribution in [0, 0.1) is 0 Å². The van der Waals surface area contributed by atoms with E-state index in [4.69, 9.17) is 10.5 Å². The summed E-state index contributed by atoms with van der Waals surface area (Å²) in [5.41, 5.74) is 6.90. The fourth-order valence-electron chi connectivity index (χ4n) is 2.00. The highest BCUT2D eigenvalue weighted by atomic mass is 32.1. The number of ether oxygens (including phenoxy) is 1. The number of carboxylic acid groups (broad SMARTS) is 1. The maximum absolute atomic E-state index is 11.4. The van der Waals surface area contributed by atoms with Gasteiger partial charge in [0.05, 0.1) is 5.69 Å². The molecular formula is C15H11N3O6S. The summed E-state index contributed by atoms with van der Waals surface area (Å²) in [6.07, 6.45) is 0. The average Bonchev–Trinajstić information content (AvgIpc) is 2.99. The minimum Gasteiger partial charge on any atom is -0.484 e. The first-order valence-electron chi connectivity index (χ1n) is 6.90. The van der Waals surface area contributed by atoms with Crippen LogP contribution in [0.3, 0.4) is 0 Å². The van der Waals surface area contributed by atoms with Crippen molar-refractivity contribution >= 4 is 28.9 Å². The second kappa shape index (κ2) is 6.24. The van der Waals surface area contributed by atoms with E-state index in [1.54, 1.807) is 24.3 Å². The number of benzene rings is 1. The molecule has 0 unspecified atom stereocenters. The van der Waals surface area contributed by atoms with Gasteiger partial charge in [-0.25, -0.2) is 4.79 Å². The standard InChI is InChI=1S/C15H11N3O6S/c16-11(19)6-24-8-3-1-7(2-4-8)10-5-9(12(25-10)15(22)23)17-18-13(20)14(18)21/h1-5,17H,6H2,(H2,16,19)(H,22,23). The monoisotopic (exact) mass is 361 g/mol. The molecule has 10 heteroatoms. The third-order valence-corrected chi connectivity index (χ3v) is 4.39. The van der Waals surface area contributed by atoms with Gasteiger partial charge in [-0.3, -0.25) is 19.8 Å². The molecule has 0 fully saturated rings. The molecule has 9 nitrogen and oxygen atoms in total. The largest absolute Gasteiger partial charge is 0.484 e. The van der Waals surface area contributed by atoms with Crippen LogP contribution in [0.1, 0.15) is 9.67 Å². The van der Waals surface area contributed by atoms with Gasteiger partial charge in [0, 0.05) is 4.88 Å². The molecular weight excluding hydrogens is 350 g/mol. The molecule has 3 aromatic rings. The molecule has 2 aromatic heterocycles. The van der Waals surface area contributed by atoms with Gasteiger partial charge in [-0.2, -0.15) is 4.68 Å². The zero-order chi connectivity index (χ0) is 18.1. The lowest BCUT2D eigenvalue weighted by Gasteiger charge is -2.04. The zero-order valence-corrected chi connectivity index (χ0v) is 13.3. The number of primary amides is 1. The van der Waals surface area contributed by atoms with Crippen molar-refractivity contribution in [3.8, 4) is 16.2 Å². The van der Waals surface area contributed by atoms with Crippen molar-refractivity contribution in [1.29, 1.82) is 0 Å². The number of anilines is 1. The van der Waals surface area contributed by atoms with Crippen LogP contribution in [-0.2, 0) is 4.79 Å². The maximum atomic E-state index is 11.4. The molecule has 4 N–H and O–H groups in total. The Balaban J connectivity index is 1.85. The Morgan fingerprint density at radius 1 is 1.20 bits per heavy atom. The number of hydrogen-bond acceptors (Lipinski definition) is 7. The second-order valence-electron chi connectivity index (χ2n) is 5.00. The molecule has 2 heterocycles. The lowest BCUT2D eigenvalue weighted by molar-refractivity contribution is -0.119. The molecule has 0 radical (unpaired) electrons. The third kappa shape index (κ3) is 3.43. The van der Waals surface area contributed by atoms with Gasteiger partial charge in [-0.15, -0.1) is 11.3 Å². The SMILES string of the molecule is NC(=O)COc1ccc(-c2cc(Nn3c(=O)c3=O)c(C(=O)O)s2)cc1. The van der Waals surface area contributed by atoms with Crippen molar-refractivity contribution in [2.45, 2.75) is 0 Å². The minimum atomic E-state index is -1.18. The summed E-state index contributed by atoms with van der Waals surface area (Å²) in [7, 11) is 0. The molecule has 0 atom stereocenters. The van der Waals surface area contributed by atoms with Crippen LogP contribution in [-0.4, -0.2) is 28.3 Å². The summed E-state index contributed by atoms with van der Waals surface area (Å²) >= 11 is 0.991. The first-order valence-corrected chi connectivity index (χ1v) is 7.72. The van der Waals surface area contributed by atoms with Crippen LogP contribution in [0.25, 0.3) is 10.4 Å². The zero-order valence-electron chi connectivity index (χ0n) is 12.5. The summed E-state index contributed by atoms with van der Waals surface area (Å²) in [4.78, 5) is 44.7. The maximum Gasteiger partial charge on any atom is 0.348 e. The summed E-state index contributed by atoms with van der Waals surface area (Å²) in [6, 6.07) is 8.13. The number of amides is 1. The normalized spacial score (nSPS) is 10.7. The lowest BCUT2D eigenvalue weighted by Crippen LogP contribution is -2.19. The van der Waals surface area contributed by atoms with Crippen molar-refractivity contribution < 1.29 is 19.4 Å². The van der Waals surface area contributed by atoms with Crippen LogP contribution in [0.4, 0.5) is 5.69 Å². The van der Waals surface area contributed by atoms with E-state index >= 15 is 0 Å². The molecule has 25 heavy (non-hydrogen) atoms. The predicted octanol–water partition coefficient (Wildman–Crippen LogP) is 0.250. The Kier molecular flexibility index (Phi) is 4.11. The van der Waals surface area contributed by atoms with Crippen LogP contribution >= 0.6 is 11.3 Å². The molecule has 3 rings (SSSR count). The molecule has 1 amide bonds. The number of carbonyl (C=O) groups is 2. The molecule has 0 aliphatic carbocycles. The first-order chi connectivity index (χ1) is 11.9. The fraction of sp³-hybridized carbons (Fsp3) is 0.0667. The van der Waals surface area contributed by atoms with Gasteiger partial charge in [0.15, 0.2) is 6.61 Å². The molecule has 128 valence electrons. The van der Waals surface area contributed by atoms with E-state index in [1.165, 1.54) is 6.07 Å². The van der Waals surface area contributed by atoms with Gasteiger partial charge in [-0.1, -0.05) is 0 Å². The van der Waals surface area contributed by atoms with Crippen molar-refractivity contribution in [1.82, 2.24) is 4.68 Å². The fourth-order valence-corrected chi connectivity index (χ4v) is 2.95. The van der Waals surface area contributed by atoms with Crippen LogP contribution in [0.2, 0.25) is 0 Å². The van der Waals surface area contributed by atoms with E-state index in [0.29, 0.717) is 16.2 Å². The first kappa shape index (κ1) is 16.5. The van der Waals surface area contributed by atoms with Gasteiger partial charge >= 0.3 is 17.1 Å². The lowest BCUT2D eigenvalue weighted by atomic mass is 10.2. The Bertz CT molecular complexity index is 1000. The number of nitrogens with one attached hydrogen (secondary N) is 1. The Labute approximate surface area is 143 Å². The van der Waals surface area contributed by atoms with Crippen LogP contribution < -0.4 is 27.0 Å². The Morgan fingerprint density at radius 3 is 2.36 bits per heavy atom. The van der Waals surface area contributed by atoms with Gasteiger partial charge in [-0.05, 0) is 35.9 Å². The number of rotatable bonds is 7. The molecule has 1 aromatic carbocycles. The number of hydrogen-bond donors (Lipinski definition) is 3. The number of aromatic nitrogens is 1. The van der Waals surface area contributed by atoms with Gasteiger partial charge < -0.3 is 15.6 Å². The van der Waals surface area contributed by atoms with E-state index in [1.807, 2.05) is 0 Å². The Hall–Kier alpha value is -3.40. The van der Waals surface area contributed by atoms with Gasteiger partial charge in [0.25, 0.3) is 5.91 Å². The summed E-state index contributed by atoms with van der Waals surface area (Å²) < 4.78 is 5.89. The molecule has 0 bridgehead atoms. The number of thiophene rings is 1. The number of carbonyl (C=O) groups excluding carboxylic acids is 1. The predicted molar refractivity (Wildman–Crippen MR) is 89.8 cm³/mol.